The summed E-state index contributed by atoms with van der Waals surface area (Å²) in [6.07, 6.45) is 4.77. The minimum absolute atomic E-state index is 0.288. The standard InChI is InChI=1S/C22H37N3O3/c1-23-11-13-25(14-12-23)17-20(26)18-28-22-15-19(7-8-21(22)27-2)16-24-9-5-3-4-6-10-24/h7-8,15,20,26H,3-6,9-14,16-18H2,1-2H3/t20-/m1/s1. The highest BCUT2D eigenvalue weighted by Crippen LogP contribution is 2.29. The third-order valence-corrected chi connectivity index (χ3v) is 5.83. The molecule has 0 saturated carbocycles. The van der Waals surface area contributed by atoms with Crippen molar-refractivity contribution in [2.75, 3.05) is 66.6 Å². The molecule has 0 bridgehead atoms. The van der Waals surface area contributed by atoms with Gasteiger partial charge in [-0.1, -0.05) is 18.9 Å². The molecule has 0 aromatic heterocycles. The third-order valence-electron chi connectivity index (χ3n) is 5.83. The number of aliphatic hydroxyl groups excluding tert-OH is 1. The number of nitrogens with zero attached hydrogens (tertiary/aromatic N) is 3. The molecular weight excluding hydrogens is 354 g/mol. The van der Waals surface area contributed by atoms with Crippen molar-refractivity contribution in [3.05, 3.63) is 23.8 Å². The number of rotatable bonds is 8. The van der Waals surface area contributed by atoms with E-state index in [1.807, 2.05) is 6.07 Å². The zero-order valence-corrected chi connectivity index (χ0v) is 17.6. The highest BCUT2D eigenvalue weighted by molar-refractivity contribution is 5.43. The van der Waals surface area contributed by atoms with Crippen LogP contribution >= 0.6 is 0 Å². The fraction of sp³-hybridized carbons (Fsp3) is 0.727. The van der Waals surface area contributed by atoms with Gasteiger partial charge in [-0.2, -0.15) is 0 Å². The molecule has 1 aromatic rings. The summed E-state index contributed by atoms with van der Waals surface area (Å²) in [4.78, 5) is 7.15. The first-order chi connectivity index (χ1) is 13.6. The SMILES string of the molecule is COc1ccc(CN2CCCCCC2)cc1OC[C@H](O)CN1CCN(C)CC1. The van der Waals surface area contributed by atoms with Crippen LogP contribution in [0.3, 0.4) is 0 Å². The number of ether oxygens (including phenoxy) is 2. The van der Waals surface area contributed by atoms with Gasteiger partial charge in [0.15, 0.2) is 11.5 Å². The van der Waals surface area contributed by atoms with Crippen molar-refractivity contribution < 1.29 is 14.6 Å². The van der Waals surface area contributed by atoms with Crippen LogP contribution in [0.4, 0.5) is 0 Å². The zero-order chi connectivity index (χ0) is 19.8. The van der Waals surface area contributed by atoms with Crippen LogP contribution in [0.25, 0.3) is 0 Å². The van der Waals surface area contributed by atoms with E-state index in [9.17, 15) is 5.11 Å². The van der Waals surface area contributed by atoms with Gasteiger partial charge in [0.05, 0.1) is 7.11 Å². The molecule has 158 valence electrons. The Bertz CT molecular complexity index is 582. The molecule has 1 N–H and O–H groups in total. The second-order valence-corrected chi connectivity index (χ2v) is 8.24. The molecule has 6 heteroatoms. The minimum atomic E-state index is -0.498. The van der Waals surface area contributed by atoms with Crippen LogP contribution in [0, 0.1) is 0 Å². The number of aliphatic hydroxyl groups is 1. The van der Waals surface area contributed by atoms with Gasteiger partial charge in [0, 0.05) is 39.3 Å². The van der Waals surface area contributed by atoms with Gasteiger partial charge >= 0.3 is 0 Å². The Morgan fingerprint density at radius 2 is 1.64 bits per heavy atom. The molecule has 0 aliphatic carbocycles. The molecule has 0 spiro atoms. The van der Waals surface area contributed by atoms with E-state index in [2.05, 4.69) is 33.9 Å². The van der Waals surface area contributed by atoms with Gasteiger partial charge in [0.1, 0.15) is 12.7 Å². The van der Waals surface area contributed by atoms with Gasteiger partial charge in [-0.3, -0.25) is 9.80 Å². The number of likely N-dealkylation sites (tertiary alicyclic amines) is 1. The number of hydrogen-bond acceptors (Lipinski definition) is 6. The lowest BCUT2D eigenvalue weighted by Crippen LogP contribution is -2.47. The Kier molecular flexibility index (Phi) is 8.40. The summed E-state index contributed by atoms with van der Waals surface area (Å²) in [5.74, 6) is 1.46. The number of methoxy groups -OCH3 is 1. The second kappa shape index (κ2) is 11.0. The summed E-state index contributed by atoms with van der Waals surface area (Å²) in [7, 11) is 3.80. The lowest BCUT2D eigenvalue weighted by molar-refractivity contribution is 0.0497. The van der Waals surface area contributed by atoms with Gasteiger partial charge in [0.25, 0.3) is 0 Å². The number of benzene rings is 1. The third kappa shape index (κ3) is 6.62. The molecule has 0 unspecified atom stereocenters. The highest BCUT2D eigenvalue weighted by Gasteiger charge is 2.18. The molecule has 1 aromatic carbocycles. The lowest BCUT2D eigenvalue weighted by Gasteiger charge is -2.33. The molecule has 2 heterocycles. The van der Waals surface area contributed by atoms with Crippen LogP contribution in [0.1, 0.15) is 31.2 Å². The summed E-state index contributed by atoms with van der Waals surface area (Å²) in [5.41, 5.74) is 1.24. The monoisotopic (exact) mass is 391 g/mol. The summed E-state index contributed by atoms with van der Waals surface area (Å²) in [5, 5.41) is 10.4. The summed E-state index contributed by atoms with van der Waals surface area (Å²) in [6.45, 7) is 8.35. The molecule has 2 aliphatic heterocycles. The number of hydrogen-bond donors (Lipinski definition) is 1. The van der Waals surface area contributed by atoms with Crippen molar-refractivity contribution in [1.29, 1.82) is 0 Å². The van der Waals surface area contributed by atoms with Crippen LogP contribution in [-0.4, -0.2) is 92.5 Å². The Hall–Kier alpha value is -1.34. The van der Waals surface area contributed by atoms with E-state index in [1.54, 1.807) is 7.11 Å². The molecule has 0 amide bonds. The molecule has 0 radical (unpaired) electrons. The van der Waals surface area contributed by atoms with Crippen LogP contribution < -0.4 is 9.47 Å². The Labute approximate surface area is 170 Å². The number of piperazine rings is 1. The highest BCUT2D eigenvalue weighted by atomic mass is 16.5. The van der Waals surface area contributed by atoms with Crippen molar-refractivity contribution in [2.45, 2.75) is 38.3 Å². The molecule has 2 aliphatic rings. The van der Waals surface area contributed by atoms with E-state index in [4.69, 9.17) is 9.47 Å². The average molecular weight is 392 g/mol. The van der Waals surface area contributed by atoms with Crippen molar-refractivity contribution in [2.24, 2.45) is 0 Å². The molecule has 1 atom stereocenters. The van der Waals surface area contributed by atoms with Crippen LogP contribution in [0.2, 0.25) is 0 Å². The van der Waals surface area contributed by atoms with Crippen molar-refractivity contribution in [3.8, 4) is 11.5 Å². The maximum atomic E-state index is 10.4. The number of β-amino-alcohol motifs (C(OH)–C–C–N with tert-alkyl or cyclic N) is 1. The lowest BCUT2D eigenvalue weighted by atomic mass is 10.2. The first-order valence-corrected chi connectivity index (χ1v) is 10.7. The first-order valence-electron chi connectivity index (χ1n) is 10.7. The van der Waals surface area contributed by atoms with Gasteiger partial charge < -0.3 is 19.5 Å². The van der Waals surface area contributed by atoms with Crippen molar-refractivity contribution >= 4 is 0 Å². The summed E-state index contributed by atoms with van der Waals surface area (Å²) in [6, 6.07) is 6.18. The summed E-state index contributed by atoms with van der Waals surface area (Å²) < 4.78 is 11.4. The Balaban J connectivity index is 1.52. The molecule has 6 nitrogen and oxygen atoms in total. The number of likely N-dealkylation sites (N-methyl/N-ethyl adjacent to an activating group) is 1. The topological polar surface area (TPSA) is 48.4 Å². The van der Waals surface area contributed by atoms with Crippen LogP contribution in [0.5, 0.6) is 11.5 Å². The van der Waals surface area contributed by atoms with E-state index < -0.39 is 6.10 Å². The molecule has 28 heavy (non-hydrogen) atoms. The van der Waals surface area contributed by atoms with Gasteiger partial charge in [0.2, 0.25) is 0 Å². The maximum Gasteiger partial charge on any atom is 0.161 e. The Morgan fingerprint density at radius 1 is 0.929 bits per heavy atom. The predicted octanol–water partition coefficient (Wildman–Crippen LogP) is 2.06. The quantitative estimate of drug-likeness (QED) is 0.732. The fourth-order valence-electron chi connectivity index (χ4n) is 4.05. The van der Waals surface area contributed by atoms with E-state index in [0.29, 0.717) is 6.54 Å². The van der Waals surface area contributed by atoms with E-state index in [1.165, 1.54) is 44.3 Å². The van der Waals surface area contributed by atoms with Gasteiger partial charge in [-0.05, 0) is 50.7 Å². The largest absolute Gasteiger partial charge is 0.493 e. The smallest absolute Gasteiger partial charge is 0.161 e. The van der Waals surface area contributed by atoms with E-state index in [-0.39, 0.29) is 6.61 Å². The minimum Gasteiger partial charge on any atom is -0.493 e. The molecular formula is C22H37N3O3. The Morgan fingerprint density at radius 3 is 2.32 bits per heavy atom. The van der Waals surface area contributed by atoms with Crippen molar-refractivity contribution in [1.82, 2.24) is 14.7 Å². The second-order valence-electron chi connectivity index (χ2n) is 8.24. The van der Waals surface area contributed by atoms with Crippen molar-refractivity contribution in [3.63, 3.8) is 0 Å². The van der Waals surface area contributed by atoms with Gasteiger partial charge in [-0.15, -0.1) is 0 Å². The van der Waals surface area contributed by atoms with E-state index >= 15 is 0 Å². The van der Waals surface area contributed by atoms with Gasteiger partial charge in [-0.25, -0.2) is 0 Å². The average Bonchev–Trinajstić information content (AvgIpc) is 2.97. The van der Waals surface area contributed by atoms with E-state index in [0.717, 1.165) is 44.2 Å². The summed E-state index contributed by atoms with van der Waals surface area (Å²) >= 11 is 0. The van der Waals surface area contributed by atoms with Crippen LogP contribution in [-0.2, 0) is 6.54 Å². The van der Waals surface area contributed by atoms with Crippen LogP contribution in [0.15, 0.2) is 18.2 Å². The zero-order valence-electron chi connectivity index (χ0n) is 17.6. The predicted molar refractivity (Wildman–Crippen MR) is 112 cm³/mol. The maximum absolute atomic E-state index is 10.4. The molecule has 2 saturated heterocycles. The first kappa shape index (κ1) is 21.4. The normalized spacial score (nSPS) is 21.2. The molecule has 3 rings (SSSR count). The molecule has 2 fully saturated rings. The fourth-order valence-corrected chi connectivity index (χ4v) is 4.05.